The van der Waals surface area contributed by atoms with Gasteiger partial charge in [0.1, 0.15) is 24.6 Å². The number of nitrogens with zero attached hydrogens (tertiary/aromatic N) is 7. The molecule has 3 aromatic carbocycles. The third-order valence-corrected chi connectivity index (χ3v) is 14.3. The molecule has 9 rings (SSSR count). The fourth-order valence-electron chi connectivity index (χ4n) is 11.0. The lowest BCUT2D eigenvalue weighted by Crippen LogP contribution is -2.55. The van der Waals surface area contributed by atoms with Crippen LogP contribution in [-0.4, -0.2) is 126 Å². The van der Waals surface area contributed by atoms with Crippen molar-refractivity contribution < 1.29 is 32.7 Å². The number of alkyl halides is 2. The number of aliphatic imine (C=N–C) groups is 1. The third kappa shape index (κ3) is 8.68. The summed E-state index contributed by atoms with van der Waals surface area (Å²) in [5.41, 5.74) is 14.5. The number of ether oxygens (including phenoxy) is 1. The SMILES string of the molecule is CN=C/C(=C\N)c1cc2c(cc1C(F)F)N(C1C3=C(CCN(C(C)=O)C3)N(C3CCN(CCc4ccc(COc5cccc6c5CN(C5CCC(=O)NC5=O)C6=O)cc4)CC3)N1C)CCC2. The van der Waals surface area contributed by atoms with Gasteiger partial charge in [-0.15, -0.1) is 0 Å². The number of benzene rings is 3. The van der Waals surface area contributed by atoms with Crippen LogP contribution in [0.5, 0.6) is 5.75 Å². The first-order valence-corrected chi connectivity index (χ1v) is 23.2. The highest BCUT2D eigenvalue weighted by Crippen LogP contribution is 2.44. The zero-order valence-electron chi connectivity index (χ0n) is 38.0. The van der Waals surface area contributed by atoms with Crippen molar-refractivity contribution in [1.29, 1.82) is 0 Å². The molecular weight excluding hydrogens is 845 g/mol. The number of nitrogens with two attached hydrogens (primary N) is 1. The Bertz CT molecular complexity index is 2480. The molecule has 348 valence electrons. The van der Waals surface area contributed by atoms with Gasteiger partial charge in [0.15, 0.2) is 0 Å². The minimum atomic E-state index is -2.70. The molecular formula is C50H59F2N9O5. The number of amides is 4. The number of carbonyl (C=O) groups is 4. The van der Waals surface area contributed by atoms with Crippen molar-refractivity contribution >= 4 is 41.1 Å². The van der Waals surface area contributed by atoms with Crippen LogP contribution in [-0.2, 0) is 40.4 Å². The molecule has 66 heavy (non-hydrogen) atoms. The predicted molar refractivity (Wildman–Crippen MR) is 247 cm³/mol. The minimum Gasteiger partial charge on any atom is -0.489 e. The molecule has 4 amide bonds. The van der Waals surface area contributed by atoms with Gasteiger partial charge in [0.25, 0.3) is 12.3 Å². The standard InChI is InChI=1S/C50H59F2N9O5/c1-31(62)58-23-18-42-41(28-58)49(59-19-5-6-34-24-38(35(26-53)27-54-2)39(47(51)52)25-44(34)59)56(3)61(42)36-16-21-57(22-17-36)20-15-32-9-11-33(12-10-32)30-66-45-8-4-7-37-40(45)29-60(50(37)65)43-13-14-46(63)55-48(43)64/h4,7-12,24-27,36,43,47,49H,5-6,13-23,28-30,53H2,1-3H3,(H,55,63,64)/b35-26+,54-27?. The number of hydrogen-bond acceptors (Lipinski definition) is 11. The Balaban J connectivity index is 0.827. The van der Waals surface area contributed by atoms with Crippen LogP contribution in [0.1, 0.15) is 95.6 Å². The number of aryl methyl sites for hydroxylation is 1. The van der Waals surface area contributed by atoms with Gasteiger partial charge in [-0.25, -0.2) is 8.78 Å². The normalized spacial score (nSPS) is 22.2. The average molecular weight is 904 g/mol. The topological polar surface area (TPSA) is 147 Å². The maximum Gasteiger partial charge on any atom is 0.264 e. The van der Waals surface area contributed by atoms with Gasteiger partial charge >= 0.3 is 0 Å². The Kier molecular flexibility index (Phi) is 13.0. The quantitative estimate of drug-likeness (QED) is 0.179. The number of likely N-dealkylation sites (tertiary alicyclic amines) is 1. The molecule has 16 heteroatoms. The number of imide groups is 1. The van der Waals surface area contributed by atoms with Crippen LogP contribution in [0.25, 0.3) is 5.57 Å². The number of anilines is 1. The summed E-state index contributed by atoms with van der Waals surface area (Å²) in [5.74, 6) is -0.327. The Morgan fingerprint density at radius 3 is 2.44 bits per heavy atom. The van der Waals surface area contributed by atoms with Crippen LogP contribution in [0.15, 0.2) is 77.1 Å². The minimum absolute atomic E-state index is 0.0375. The maximum atomic E-state index is 14.8. The molecule has 2 unspecified atom stereocenters. The highest BCUT2D eigenvalue weighted by Gasteiger charge is 2.47. The van der Waals surface area contributed by atoms with Crippen LogP contribution < -0.4 is 20.7 Å². The Morgan fingerprint density at radius 1 is 0.955 bits per heavy atom. The number of fused-ring (bicyclic) bond motifs is 2. The van der Waals surface area contributed by atoms with Gasteiger partial charge in [-0.2, -0.15) is 5.01 Å². The molecule has 6 aliphatic rings. The van der Waals surface area contributed by atoms with Gasteiger partial charge in [0.2, 0.25) is 17.7 Å². The van der Waals surface area contributed by atoms with Crippen molar-refractivity contribution in [3.05, 3.63) is 111 Å². The summed E-state index contributed by atoms with van der Waals surface area (Å²) in [4.78, 5) is 62.6. The highest BCUT2D eigenvalue weighted by molar-refractivity contribution is 6.10. The number of hydrazine groups is 1. The number of nitrogens with one attached hydrogen (secondary N) is 1. The second kappa shape index (κ2) is 19.0. The zero-order chi connectivity index (χ0) is 46.2. The predicted octanol–water partition coefficient (Wildman–Crippen LogP) is 5.42. The molecule has 0 aromatic heterocycles. The summed E-state index contributed by atoms with van der Waals surface area (Å²) >= 11 is 0. The molecule has 3 aromatic rings. The highest BCUT2D eigenvalue weighted by atomic mass is 19.3. The van der Waals surface area contributed by atoms with E-state index in [2.05, 4.69) is 61.4 Å². The summed E-state index contributed by atoms with van der Waals surface area (Å²) in [6.45, 7) is 6.91. The van der Waals surface area contributed by atoms with Gasteiger partial charge < -0.3 is 35.1 Å². The number of likely N-dealkylation sites (N-methyl/N-ethyl adjacent to an activating group) is 1. The molecule has 14 nitrogen and oxygen atoms in total. The van der Waals surface area contributed by atoms with Gasteiger partial charge in [-0.3, -0.25) is 29.5 Å². The first kappa shape index (κ1) is 45.0. The van der Waals surface area contributed by atoms with Crippen molar-refractivity contribution in [2.24, 2.45) is 10.7 Å². The summed E-state index contributed by atoms with van der Waals surface area (Å²) in [7, 11) is 3.72. The first-order chi connectivity index (χ1) is 31.9. The lowest BCUT2D eigenvalue weighted by Gasteiger charge is -2.46. The molecule has 0 aliphatic carbocycles. The van der Waals surface area contributed by atoms with E-state index in [1.807, 2.05) is 17.0 Å². The van der Waals surface area contributed by atoms with Crippen molar-refractivity contribution in [2.75, 3.05) is 58.3 Å². The molecule has 0 radical (unpaired) electrons. The van der Waals surface area contributed by atoms with Crippen LogP contribution in [0.4, 0.5) is 14.5 Å². The van der Waals surface area contributed by atoms with E-state index in [1.54, 1.807) is 32.2 Å². The van der Waals surface area contributed by atoms with Gasteiger partial charge in [0.05, 0.1) is 6.54 Å². The second-order valence-electron chi connectivity index (χ2n) is 18.2. The van der Waals surface area contributed by atoms with Crippen molar-refractivity contribution in [3.8, 4) is 5.75 Å². The van der Waals surface area contributed by atoms with Gasteiger partial charge in [0, 0.05) is 131 Å². The third-order valence-electron chi connectivity index (χ3n) is 14.3. The smallest absolute Gasteiger partial charge is 0.264 e. The van der Waals surface area contributed by atoms with E-state index in [0.29, 0.717) is 55.1 Å². The Morgan fingerprint density at radius 2 is 1.73 bits per heavy atom. The summed E-state index contributed by atoms with van der Waals surface area (Å²) in [6.07, 6.45) is 5.71. The Labute approximate surface area is 384 Å². The lowest BCUT2D eigenvalue weighted by molar-refractivity contribution is -0.137. The number of rotatable bonds is 12. The fraction of sp³-hybridized carbons (Fsp3) is 0.460. The van der Waals surface area contributed by atoms with Gasteiger partial charge in [-0.1, -0.05) is 30.3 Å². The summed E-state index contributed by atoms with van der Waals surface area (Å²) in [5, 5.41) is 7.16. The number of allylic oxidation sites excluding steroid dienone is 1. The molecule has 6 heterocycles. The number of hydrogen-bond donors (Lipinski definition) is 2. The molecule has 0 spiro atoms. The summed E-state index contributed by atoms with van der Waals surface area (Å²) in [6, 6.07) is 17.0. The molecule has 2 fully saturated rings. The summed E-state index contributed by atoms with van der Waals surface area (Å²) < 4.78 is 35.8. The van der Waals surface area contributed by atoms with E-state index >= 15 is 0 Å². The van der Waals surface area contributed by atoms with E-state index in [0.717, 1.165) is 80.5 Å². The van der Waals surface area contributed by atoms with E-state index in [1.165, 1.54) is 34.1 Å². The molecule has 3 N–H and O–H groups in total. The first-order valence-electron chi connectivity index (χ1n) is 23.2. The second-order valence-corrected chi connectivity index (χ2v) is 18.2. The van der Waals surface area contributed by atoms with E-state index < -0.39 is 18.4 Å². The number of carbonyl (C=O) groups excluding carboxylic acids is 4. The van der Waals surface area contributed by atoms with Crippen LogP contribution in [0, 0.1) is 0 Å². The van der Waals surface area contributed by atoms with Crippen molar-refractivity contribution in [1.82, 2.24) is 30.0 Å². The number of piperidine rings is 2. The fourth-order valence-corrected chi connectivity index (χ4v) is 11.0. The average Bonchev–Trinajstić information content (AvgIpc) is 3.81. The van der Waals surface area contributed by atoms with Crippen LogP contribution in [0.2, 0.25) is 0 Å². The Hall–Kier alpha value is -6.13. The molecule has 2 saturated heterocycles. The van der Waals surface area contributed by atoms with Crippen LogP contribution in [0.3, 0.4) is 0 Å². The molecule has 6 aliphatic heterocycles. The monoisotopic (exact) mass is 903 g/mol. The lowest BCUT2D eigenvalue weighted by atomic mass is 9.91. The maximum absolute atomic E-state index is 14.8. The molecule has 2 atom stereocenters. The number of halogens is 2. The van der Waals surface area contributed by atoms with Crippen molar-refractivity contribution in [2.45, 2.75) is 96.1 Å². The van der Waals surface area contributed by atoms with E-state index in [9.17, 15) is 28.0 Å². The van der Waals surface area contributed by atoms with Gasteiger partial charge in [-0.05, 0) is 85.0 Å². The van der Waals surface area contributed by atoms with E-state index in [4.69, 9.17) is 10.5 Å². The molecule has 0 saturated carbocycles. The van der Waals surface area contributed by atoms with E-state index in [-0.39, 0.29) is 48.5 Å². The largest absolute Gasteiger partial charge is 0.489 e. The van der Waals surface area contributed by atoms with Crippen LogP contribution >= 0.6 is 0 Å². The molecule has 0 bridgehead atoms. The van der Waals surface area contributed by atoms with Crippen molar-refractivity contribution in [3.63, 3.8) is 0 Å². The zero-order valence-corrected chi connectivity index (χ0v) is 38.0.